The molecule has 2 amide bonds. The van der Waals surface area contributed by atoms with Gasteiger partial charge in [-0.3, -0.25) is 14.0 Å². The number of rotatable bonds is 4. The van der Waals surface area contributed by atoms with Gasteiger partial charge in [-0.2, -0.15) is 23.8 Å². The van der Waals surface area contributed by atoms with Crippen molar-refractivity contribution >= 4 is 45.3 Å². The number of benzene rings is 2. The van der Waals surface area contributed by atoms with Gasteiger partial charge in [0.15, 0.2) is 0 Å². The molecule has 0 bridgehead atoms. The number of ether oxygens (including phenoxy) is 1. The van der Waals surface area contributed by atoms with Crippen molar-refractivity contribution in [3.05, 3.63) is 65.1 Å². The number of hydrogen-bond acceptors (Lipinski definition) is 7. The lowest BCUT2D eigenvalue weighted by Crippen LogP contribution is -2.39. The normalized spacial score (nSPS) is 17.6. The Morgan fingerprint density at radius 1 is 1.03 bits per heavy atom. The van der Waals surface area contributed by atoms with Crippen LogP contribution in [-0.2, 0) is 12.6 Å². The molecule has 0 saturated carbocycles. The number of anilines is 3. The van der Waals surface area contributed by atoms with Crippen molar-refractivity contribution in [2.75, 3.05) is 46.3 Å². The number of halogens is 4. The highest BCUT2D eigenvalue weighted by atomic mass is 35.5. The molecule has 1 saturated heterocycles. The van der Waals surface area contributed by atoms with E-state index in [1.807, 2.05) is 0 Å². The fourth-order valence-electron chi connectivity index (χ4n) is 4.42. The number of alkyl halides is 3. The maximum atomic E-state index is 13.9. The van der Waals surface area contributed by atoms with Crippen LogP contribution in [0.2, 0.25) is 5.15 Å². The summed E-state index contributed by atoms with van der Waals surface area (Å²) in [6.07, 6.45) is -2.86. The van der Waals surface area contributed by atoms with Gasteiger partial charge in [-0.05, 0) is 48.4 Å². The second-order valence-electron chi connectivity index (χ2n) is 8.83. The average molecular weight is 570 g/mol. The minimum Gasteiger partial charge on any atom is -0.439 e. The summed E-state index contributed by atoms with van der Waals surface area (Å²) in [6, 6.07) is 9.65. The van der Waals surface area contributed by atoms with Crippen LogP contribution in [0.5, 0.6) is 11.6 Å². The van der Waals surface area contributed by atoms with Gasteiger partial charge in [0, 0.05) is 42.8 Å². The number of carbonyl (C=O) groups is 1. The Morgan fingerprint density at radius 3 is 2.47 bits per heavy atom. The molecule has 5 rings (SSSR count). The van der Waals surface area contributed by atoms with Crippen LogP contribution in [0.4, 0.5) is 35.0 Å². The molecule has 2 aromatic carbocycles. The Hall–Kier alpha value is -3.26. The molecule has 0 spiro atoms. The van der Waals surface area contributed by atoms with Crippen LogP contribution in [0.1, 0.15) is 11.1 Å². The first-order valence-electron chi connectivity index (χ1n) is 11.6. The first-order valence-corrected chi connectivity index (χ1v) is 13.8. The SMILES string of the molecule is O=C(Nc1ccc(N2CCS(O)(O)CC2)c(C(F)(F)F)c1)N1CCc2cc(Oc3cc(Cl)ncn3)ccc21. The fraction of sp³-hybridized carbons (Fsp3) is 0.292. The predicted molar refractivity (Wildman–Crippen MR) is 140 cm³/mol. The Morgan fingerprint density at radius 2 is 1.76 bits per heavy atom. The van der Waals surface area contributed by atoms with Crippen LogP contribution in [0.15, 0.2) is 48.8 Å². The molecular formula is C24H23ClF3N5O4S. The van der Waals surface area contributed by atoms with Crippen LogP contribution >= 0.6 is 22.2 Å². The van der Waals surface area contributed by atoms with Crippen molar-refractivity contribution in [1.82, 2.24) is 9.97 Å². The van der Waals surface area contributed by atoms with Crippen LogP contribution < -0.4 is 19.9 Å². The molecule has 0 atom stereocenters. The van der Waals surface area contributed by atoms with Gasteiger partial charge in [0.25, 0.3) is 0 Å². The van der Waals surface area contributed by atoms with Gasteiger partial charge in [-0.1, -0.05) is 11.6 Å². The van der Waals surface area contributed by atoms with Crippen LogP contribution in [-0.4, -0.2) is 56.2 Å². The molecule has 38 heavy (non-hydrogen) atoms. The molecule has 202 valence electrons. The van der Waals surface area contributed by atoms with Crippen molar-refractivity contribution in [1.29, 1.82) is 0 Å². The highest BCUT2D eigenvalue weighted by Crippen LogP contribution is 2.44. The summed E-state index contributed by atoms with van der Waals surface area (Å²) in [5, 5.41) is 2.80. The van der Waals surface area contributed by atoms with Gasteiger partial charge in [0.05, 0.1) is 17.1 Å². The first-order chi connectivity index (χ1) is 18.0. The first kappa shape index (κ1) is 26.4. The van der Waals surface area contributed by atoms with E-state index >= 15 is 0 Å². The third kappa shape index (κ3) is 5.75. The van der Waals surface area contributed by atoms with E-state index in [1.165, 1.54) is 34.3 Å². The molecule has 2 aliphatic heterocycles. The molecule has 9 nitrogen and oxygen atoms in total. The summed E-state index contributed by atoms with van der Waals surface area (Å²) < 4.78 is 67.0. The van der Waals surface area contributed by atoms with E-state index in [0.29, 0.717) is 24.4 Å². The van der Waals surface area contributed by atoms with Gasteiger partial charge >= 0.3 is 12.2 Å². The minimum atomic E-state index is -4.67. The molecule has 14 heteroatoms. The van der Waals surface area contributed by atoms with E-state index in [2.05, 4.69) is 15.3 Å². The molecule has 1 aromatic heterocycles. The largest absolute Gasteiger partial charge is 0.439 e. The zero-order valence-corrected chi connectivity index (χ0v) is 21.4. The zero-order chi connectivity index (χ0) is 27.1. The number of aromatic nitrogens is 2. The fourth-order valence-corrected chi connectivity index (χ4v) is 5.79. The summed E-state index contributed by atoms with van der Waals surface area (Å²) in [6.45, 7) is 0.531. The van der Waals surface area contributed by atoms with Gasteiger partial charge in [-0.25, -0.2) is 14.8 Å². The number of amides is 2. The molecule has 1 fully saturated rings. The number of nitrogens with one attached hydrogen (secondary N) is 1. The lowest BCUT2D eigenvalue weighted by Gasteiger charge is -2.42. The van der Waals surface area contributed by atoms with E-state index in [9.17, 15) is 27.1 Å². The summed E-state index contributed by atoms with van der Waals surface area (Å²) >= 11 is 5.85. The molecule has 2 aliphatic rings. The lowest BCUT2D eigenvalue weighted by atomic mass is 10.1. The van der Waals surface area contributed by atoms with Gasteiger partial charge in [0.1, 0.15) is 17.2 Å². The quantitative estimate of drug-likeness (QED) is 0.325. The van der Waals surface area contributed by atoms with Crippen molar-refractivity contribution in [3.8, 4) is 11.6 Å². The maximum absolute atomic E-state index is 13.9. The number of carbonyl (C=O) groups excluding carboxylic acids is 1. The molecule has 0 radical (unpaired) electrons. The van der Waals surface area contributed by atoms with E-state index < -0.39 is 28.4 Å². The number of hydrogen-bond donors (Lipinski definition) is 3. The Bertz CT molecular complexity index is 1370. The zero-order valence-electron chi connectivity index (χ0n) is 19.8. The number of nitrogens with zero attached hydrogens (tertiary/aromatic N) is 4. The summed E-state index contributed by atoms with van der Waals surface area (Å²) in [5.41, 5.74) is 0.494. The van der Waals surface area contributed by atoms with E-state index in [0.717, 1.165) is 11.6 Å². The summed E-state index contributed by atoms with van der Waals surface area (Å²) in [4.78, 5) is 23.7. The monoisotopic (exact) mass is 569 g/mol. The summed E-state index contributed by atoms with van der Waals surface area (Å²) in [5.74, 6) is 0.775. The van der Waals surface area contributed by atoms with Crippen molar-refractivity contribution in [2.45, 2.75) is 12.6 Å². The maximum Gasteiger partial charge on any atom is 0.418 e. The van der Waals surface area contributed by atoms with Crippen molar-refractivity contribution in [3.63, 3.8) is 0 Å². The van der Waals surface area contributed by atoms with Gasteiger partial charge < -0.3 is 15.0 Å². The van der Waals surface area contributed by atoms with Crippen LogP contribution in [0.25, 0.3) is 0 Å². The minimum absolute atomic E-state index is 0.00131. The van der Waals surface area contributed by atoms with Crippen LogP contribution in [0.3, 0.4) is 0 Å². The highest BCUT2D eigenvalue weighted by molar-refractivity contribution is 8.24. The van der Waals surface area contributed by atoms with Crippen molar-refractivity contribution < 1.29 is 31.8 Å². The molecule has 3 N–H and O–H groups in total. The van der Waals surface area contributed by atoms with Gasteiger partial charge in [0.2, 0.25) is 5.88 Å². The second kappa shape index (κ2) is 10.1. The second-order valence-corrected chi connectivity index (χ2v) is 11.6. The van der Waals surface area contributed by atoms with Crippen LogP contribution in [0, 0.1) is 0 Å². The standard InChI is InChI=1S/C24H23ClF3N5O4S/c25-21-13-22(30-14-29-21)37-17-2-4-19-15(11-17)5-6-33(19)23(34)31-16-1-3-20(18(12-16)24(26,27)28)32-7-9-38(35,36)10-8-32/h1-4,11-14,35-36H,5-10H2,(H,31,34). The topological polar surface area (TPSA) is 111 Å². The Kier molecular flexibility index (Phi) is 7.03. The molecule has 0 unspecified atom stereocenters. The predicted octanol–water partition coefficient (Wildman–Crippen LogP) is 6.11. The van der Waals surface area contributed by atoms with E-state index in [-0.39, 0.29) is 47.0 Å². The summed E-state index contributed by atoms with van der Waals surface area (Å²) in [7, 11) is -2.75. The third-order valence-corrected chi connectivity index (χ3v) is 8.17. The van der Waals surface area contributed by atoms with E-state index in [4.69, 9.17) is 16.3 Å². The molecule has 3 heterocycles. The lowest BCUT2D eigenvalue weighted by molar-refractivity contribution is -0.137. The Labute approximate surface area is 222 Å². The smallest absolute Gasteiger partial charge is 0.418 e. The third-order valence-electron chi connectivity index (χ3n) is 6.29. The number of urea groups is 1. The number of fused-ring (bicyclic) bond motifs is 1. The van der Waals surface area contributed by atoms with E-state index in [1.54, 1.807) is 18.2 Å². The Balaban J connectivity index is 1.31. The molecule has 3 aromatic rings. The molecular weight excluding hydrogens is 547 g/mol. The van der Waals surface area contributed by atoms with Crippen molar-refractivity contribution in [2.24, 2.45) is 0 Å². The van der Waals surface area contributed by atoms with Gasteiger partial charge in [-0.15, -0.1) is 0 Å². The highest BCUT2D eigenvalue weighted by Gasteiger charge is 2.37. The average Bonchev–Trinajstić information content (AvgIpc) is 3.27. The molecule has 0 aliphatic carbocycles.